The molecular weight excluding hydrogens is 278 g/mol. The molecule has 1 aliphatic rings. The molecule has 5 nitrogen and oxygen atoms in total. The van der Waals surface area contributed by atoms with Crippen LogP contribution in [0.5, 0.6) is 0 Å². The second-order valence-corrected chi connectivity index (χ2v) is 5.54. The van der Waals surface area contributed by atoms with Gasteiger partial charge in [-0.1, -0.05) is 18.0 Å². The van der Waals surface area contributed by atoms with E-state index in [1.165, 1.54) is 0 Å². The summed E-state index contributed by atoms with van der Waals surface area (Å²) in [6, 6.07) is 3.81. The van der Waals surface area contributed by atoms with Crippen molar-refractivity contribution in [3.05, 3.63) is 23.5 Å². The molecule has 1 aromatic rings. The zero-order valence-corrected chi connectivity index (χ0v) is 12.3. The van der Waals surface area contributed by atoms with Crippen LogP contribution in [0.3, 0.4) is 0 Å². The molecule has 1 aliphatic heterocycles. The fourth-order valence-electron chi connectivity index (χ4n) is 2.66. The highest BCUT2D eigenvalue weighted by molar-refractivity contribution is 6.32. The standard InChI is InChI=1S/C14H20ClN3O2/c1-10-4-2-5-11(9-19)18(10)8-13(20)17-12-6-3-7-16-14(12)15/h3,6-7,10-11,19H,2,4-5,8-9H2,1H3,(H,17,20). The van der Waals surface area contributed by atoms with Crippen molar-refractivity contribution in [2.24, 2.45) is 0 Å². The highest BCUT2D eigenvalue weighted by atomic mass is 35.5. The minimum absolute atomic E-state index is 0.0638. The van der Waals surface area contributed by atoms with Gasteiger partial charge in [-0.3, -0.25) is 9.69 Å². The number of nitrogens with zero attached hydrogens (tertiary/aromatic N) is 2. The first-order valence-corrected chi connectivity index (χ1v) is 7.26. The quantitative estimate of drug-likeness (QED) is 0.833. The van der Waals surface area contributed by atoms with Gasteiger partial charge >= 0.3 is 0 Å². The predicted molar refractivity (Wildman–Crippen MR) is 78.8 cm³/mol. The number of hydrogen-bond acceptors (Lipinski definition) is 4. The summed E-state index contributed by atoms with van der Waals surface area (Å²) in [7, 11) is 0. The van der Waals surface area contributed by atoms with Gasteiger partial charge in [0.25, 0.3) is 0 Å². The SMILES string of the molecule is CC1CCCC(CO)N1CC(=O)Nc1cccnc1Cl. The number of piperidine rings is 1. The average molecular weight is 298 g/mol. The smallest absolute Gasteiger partial charge is 0.238 e. The fraction of sp³-hybridized carbons (Fsp3) is 0.571. The molecule has 0 aliphatic carbocycles. The minimum Gasteiger partial charge on any atom is -0.395 e. The number of anilines is 1. The lowest BCUT2D eigenvalue weighted by molar-refractivity contribution is -0.119. The van der Waals surface area contributed by atoms with Crippen LogP contribution in [-0.2, 0) is 4.79 Å². The zero-order chi connectivity index (χ0) is 14.5. The molecule has 2 N–H and O–H groups in total. The number of amides is 1. The third-order valence-corrected chi connectivity index (χ3v) is 4.07. The Hall–Kier alpha value is -1.17. The lowest BCUT2D eigenvalue weighted by Gasteiger charge is -2.39. The van der Waals surface area contributed by atoms with Crippen LogP contribution in [0.1, 0.15) is 26.2 Å². The van der Waals surface area contributed by atoms with Crippen molar-refractivity contribution in [1.82, 2.24) is 9.88 Å². The van der Waals surface area contributed by atoms with Crippen molar-refractivity contribution < 1.29 is 9.90 Å². The minimum atomic E-state index is -0.132. The molecule has 0 spiro atoms. The van der Waals surface area contributed by atoms with Crippen molar-refractivity contribution in [2.75, 3.05) is 18.5 Å². The summed E-state index contributed by atoms with van der Waals surface area (Å²) in [5.41, 5.74) is 0.518. The van der Waals surface area contributed by atoms with Crippen molar-refractivity contribution >= 4 is 23.2 Å². The molecule has 0 saturated carbocycles. The largest absolute Gasteiger partial charge is 0.395 e. The predicted octanol–water partition coefficient (Wildman–Crippen LogP) is 1.91. The van der Waals surface area contributed by atoms with Crippen LogP contribution in [0, 0.1) is 0 Å². The summed E-state index contributed by atoms with van der Waals surface area (Å²) in [6.45, 7) is 2.44. The van der Waals surface area contributed by atoms with E-state index in [9.17, 15) is 9.90 Å². The number of rotatable bonds is 4. The van der Waals surface area contributed by atoms with Crippen LogP contribution in [-0.4, -0.2) is 46.1 Å². The molecule has 110 valence electrons. The highest BCUT2D eigenvalue weighted by Gasteiger charge is 2.28. The van der Waals surface area contributed by atoms with Crippen LogP contribution >= 0.6 is 11.6 Å². The Kier molecular flexibility index (Phi) is 5.34. The number of nitrogens with one attached hydrogen (secondary N) is 1. The third-order valence-electron chi connectivity index (χ3n) is 3.76. The number of aromatic nitrogens is 1. The third kappa shape index (κ3) is 3.69. The van der Waals surface area contributed by atoms with Gasteiger partial charge in [0.05, 0.1) is 18.8 Å². The van der Waals surface area contributed by atoms with Gasteiger partial charge in [-0.05, 0) is 31.9 Å². The molecule has 1 amide bonds. The number of aliphatic hydroxyl groups excluding tert-OH is 1. The molecule has 1 aromatic heterocycles. The topological polar surface area (TPSA) is 65.5 Å². The van der Waals surface area contributed by atoms with E-state index in [1.54, 1.807) is 18.3 Å². The van der Waals surface area contributed by atoms with Gasteiger partial charge in [0.15, 0.2) is 5.15 Å². The summed E-state index contributed by atoms with van der Waals surface area (Å²) < 4.78 is 0. The Morgan fingerprint density at radius 3 is 3.10 bits per heavy atom. The molecule has 2 atom stereocenters. The summed E-state index contributed by atoms with van der Waals surface area (Å²) in [5.74, 6) is -0.132. The van der Waals surface area contributed by atoms with E-state index in [0.717, 1.165) is 19.3 Å². The fourth-order valence-corrected chi connectivity index (χ4v) is 2.82. The van der Waals surface area contributed by atoms with Gasteiger partial charge in [0.2, 0.25) is 5.91 Å². The van der Waals surface area contributed by atoms with Gasteiger partial charge in [-0.15, -0.1) is 0 Å². The number of halogens is 1. The molecule has 2 heterocycles. The van der Waals surface area contributed by atoms with E-state index in [-0.39, 0.29) is 30.3 Å². The summed E-state index contributed by atoms with van der Waals surface area (Å²) in [5, 5.41) is 12.5. The summed E-state index contributed by atoms with van der Waals surface area (Å²) >= 11 is 5.92. The van der Waals surface area contributed by atoms with Gasteiger partial charge < -0.3 is 10.4 Å². The first kappa shape index (κ1) is 15.2. The Bertz CT molecular complexity index is 469. The van der Waals surface area contributed by atoms with Gasteiger partial charge in [-0.25, -0.2) is 4.98 Å². The first-order chi connectivity index (χ1) is 9.61. The molecule has 0 aromatic carbocycles. The van der Waals surface area contributed by atoms with Crippen molar-refractivity contribution in [3.63, 3.8) is 0 Å². The van der Waals surface area contributed by atoms with Gasteiger partial charge in [0.1, 0.15) is 0 Å². The van der Waals surface area contributed by atoms with Crippen LogP contribution in [0.2, 0.25) is 5.15 Å². The Morgan fingerprint density at radius 1 is 1.60 bits per heavy atom. The van der Waals surface area contributed by atoms with Crippen molar-refractivity contribution in [1.29, 1.82) is 0 Å². The maximum atomic E-state index is 12.1. The van der Waals surface area contributed by atoms with Crippen molar-refractivity contribution in [2.45, 2.75) is 38.3 Å². The molecule has 0 radical (unpaired) electrons. The van der Waals surface area contributed by atoms with E-state index in [0.29, 0.717) is 11.7 Å². The molecule has 0 bridgehead atoms. The number of pyridine rings is 1. The van der Waals surface area contributed by atoms with Gasteiger partial charge in [-0.2, -0.15) is 0 Å². The maximum Gasteiger partial charge on any atom is 0.238 e. The van der Waals surface area contributed by atoms with Gasteiger partial charge in [0, 0.05) is 18.3 Å². The number of aliphatic hydroxyl groups is 1. The van der Waals surface area contributed by atoms with Crippen LogP contribution in [0.15, 0.2) is 18.3 Å². The Balaban J connectivity index is 1.98. The van der Waals surface area contributed by atoms with Crippen LogP contribution in [0.4, 0.5) is 5.69 Å². The Morgan fingerprint density at radius 2 is 2.40 bits per heavy atom. The van der Waals surface area contributed by atoms with E-state index in [2.05, 4.69) is 22.1 Å². The summed E-state index contributed by atoms with van der Waals surface area (Å²) in [4.78, 5) is 18.1. The summed E-state index contributed by atoms with van der Waals surface area (Å²) in [6.07, 6.45) is 4.66. The highest BCUT2D eigenvalue weighted by Crippen LogP contribution is 2.23. The number of carbonyl (C=O) groups excluding carboxylic acids is 1. The lowest BCUT2D eigenvalue weighted by Crippen LogP contribution is -2.50. The van der Waals surface area contributed by atoms with E-state index in [1.807, 2.05) is 0 Å². The molecule has 20 heavy (non-hydrogen) atoms. The second kappa shape index (κ2) is 7.02. The molecule has 1 saturated heterocycles. The normalized spacial score (nSPS) is 23.6. The average Bonchev–Trinajstić information content (AvgIpc) is 2.43. The molecule has 2 unspecified atom stereocenters. The number of likely N-dealkylation sites (tertiary alicyclic amines) is 1. The molecule has 2 rings (SSSR count). The molecule has 6 heteroatoms. The number of carbonyl (C=O) groups is 1. The monoisotopic (exact) mass is 297 g/mol. The van der Waals surface area contributed by atoms with Crippen LogP contribution < -0.4 is 5.32 Å². The number of hydrogen-bond donors (Lipinski definition) is 2. The van der Waals surface area contributed by atoms with Crippen LogP contribution in [0.25, 0.3) is 0 Å². The van der Waals surface area contributed by atoms with Crippen molar-refractivity contribution in [3.8, 4) is 0 Å². The second-order valence-electron chi connectivity index (χ2n) is 5.18. The van der Waals surface area contributed by atoms with E-state index < -0.39 is 0 Å². The lowest BCUT2D eigenvalue weighted by atomic mass is 9.97. The first-order valence-electron chi connectivity index (χ1n) is 6.88. The van der Waals surface area contributed by atoms with E-state index >= 15 is 0 Å². The molecular formula is C14H20ClN3O2. The van der Waals surface area contributed by atoms with E-state index in [4.69, 9.17) is 11.6 Å². The molecule has 1 fully saturated rings. The zero-order valence-electron chi connectivity index (χ0n) is 11.6. The Labute approximate surface area is 123 Å². The maximum absolute atomic E-state index is 12.1.